The molecular formula is C16H14N2O. The van der Waals surface area contributed by atoms with Crippen molar-refractivity contribution in [2.75, 3.05) is 0 Å². The summed E-state index contributed by atoms with van der Waals surface area (Å²) in [6, 6.07) is 16.1. The summed E-state index contributed by atoms with van der Waals surface area (Å²) >= 11 is 0. The molecule has 0 spiro atoms. The smallest absolute Gasteiger partial charge is 0.224 e. The highest BCUT2D eigenvalue weighted by Crippen LogP contribution is 2.23. The van der Waals surface area contributed by atoms with E-state index in [4.69, 9.17) is 4.74 Å². The molecule has 0 fully saturated rings. The maximum Gasteiger partial charge on any atom is 0.224 e. The van der Waals surface area contributed by atoms with E-state index in [1.807, 2.05) is 49.4 Å². The molecule has 0 N–H and O–H groups in total. The number of aromatic nitrogens is 2. The van der Waals surface area contributed by atoms with Gasteiger partial charge in [0.25, 0.3) is 0 Å². The second kappa shape index (κ2) is 5.06. The highest BCUT2D eigenvalue weighted by atomic mass is 16.5. The molecule has 1 aromatic heterocycles. The van der Waals surface area contributed by atoms with Crippen LogP contribution in [-0.2, 0) is 6.61 Å². The van der Waals surface area contributed by atoms with Crippen LogP contribution in [0.4, 0.5) is 0 Å². The zero-order chi connectivity index (χ0) is 13.1. The third-order valence-electron chi connectivity index (χ3n) is 2.97. The lowest BCUT2D eigenvalue weighted by Gasteiger charge is -2.08. The summed E-state index contributed by atoms with van der Waals surface area (Å²) in [5.41, 5.74) is 3.21. The zero-order valence-electron chi connectivity index (χ0n) is 10.7. The summed E-state index contributed by atoms with van der Waals surface area (Å²) in [7, 11) is 0. The monoisotopic (exact) mass is 250 g/mol. The minimum atomic E-state index is 0.515. The largest absolute Gasteiger partial charge is 0.472 e. The Bertz CT molecular complexity index is 695. The first kappa shape index (κ1) is 11.7. The average molecular weight is 250 g/mol. The summed E-state index contributed by atoms with van der Waals surface area (Å²) in [6.45, 7) is 2.56. The van der Waals surface area contributed by atoms with E-state index in [9.17, 15) is 0 Å². The van der Waals surface area contributed by atoms with Crippen LogP contribution in [0.3, 0.4) is 0 Å². The molecule has 3 rings (SSSR count). The Morgan fingerprint density at radius 3 is 2.68 bits per heavy atom. The van der Waals surface area contributed by atoms with E-state index in [-0.39, 0.29) is 0 Å². The van der Waals surface area contributed by atoms with E-state index in [0.29, 0.717) is 12.5 Å². The van der Waals surface area contributed by atoms with Crippen LogP contribution in [-0.4, -0.2) is 9.97 Å². The third kappa shape index (κ3) is 2.55. The number of benzene rings is 2. The van der Waals surface area contributed by atoms with Crippen molar-refractivity contribution in [3.8, 4) is 5.88 Å². The molecule has 0 radical (unpaired) electrons. The fraction of sp³-hybridized carbons (Fsp3) is 0.125. The topological polar surface area (TPSA) is 35.0 Å². The minimum absolute atomic E-state index is 0.515. The van der Waals surface area contributed by atoms with E-state index in [2.05, 4.69) is 16.0 Å². The third-order valence-corrected chi connectivity index (χ3v) is 2.97. The number of ether oxygens (including phenoxy) is 1. The maximum absolute atomic E-state index is 5.81. The molecule has 3 nitrogen and oxygen atoms in total. The van der Waals surface area contributed by atoms with E-state index in [0.717, 1.165) is 16.5 Å². The summed E-state index contributed by atoms with van der Waals surface area (Å²) in [5.74, 6) is 0.637. The van der Waals surface area contributed by atoms with Gasteiger partial charge in [-0.3, -0.25) is 0 Å². The molecule has 2 aromatic carbocycles. The lowest BCUT2D eigenvalue weighted by atomic mass is 10.1. The quantitative estimate of drug-likeness (QED) is 0.713. The normalized spacial score (nSPS) is 10.6. The van der Waals surface area contributed by atoms with E-state index in [1.165, 1.54) is 11.9 Å². The lowest BCUT2D eigenvalue weighted by Crippen LogP contribution is -1.98. The fourth-order valence-corrected chi connectivity index (χ4v) is 1.99. The predicted octanol–water partition coefficient (Wildman–Crippen LogP) is 3.52. The molecule has 0 aliphatic heterocycles. The number of aryl methyl sites for hydroxylation is 1. The number of hydrogen-bond acceptors (Lipinski definition) is 3. The van der Waals surface area contributed by atoms with Gasteiger partial charge in [0, 0.05) is 0 Å². The number of hydrogen-bond donors (Lipinski definition) is 0. The van der Waals surface area contributed by atoms with Crippen LogP contribution in [0.2, 0.25) is 0 Å². The van der Waals surface area contributed by atoms with Crippen LogP contribution < -0.4 is 4.74 Å². The van der Waals surface area contributed by atoms with Gasteiger partial charge in [-0.05, 0) is 24.6 Å². The first-order valence-corrected chi connectivity index (χ1v) is 6.21. The van der Waals surface area contributed by atoms with Crippen molar-refractivity contribution in [1.29, 1.82) is 0 Å². The van der Waals surface area contributed by atoms with Crippen molar-refractivity contribution in [2.45, 2.75) is 13.5 Å². The molecular weight excluding hydrogens is 236 g/mol. The van der Waals surface area contributed by atoms with Crippen LogP contribution in [0.25, 0.3) is 10.9 Å². The molecule has 3 heteroatoms. The number of fused-ring (bicyclic) bond motifs is 1. The average Bonchev–Trinajstić information content (AvgIpc) is 2.46. The van der Waals surface area contributed by atoms with Crippen LogP contribution in [0.1, 0.15) is 11.1 Å². The highest BCUT2D eigenvalue weighted by Gasteiger charge is 2.05. The molecule has 0 amide bonds. The molecule has 0 aliphatic carbocycles. The molecule has 94 valence electrons. The Hall–Kier alpha value is -2.42. The Labute approximate surface area is 111 Å². The fourth-order valence-electron chi connectivity index (χ4n) is 1.99. The standard InChI is InChI=1S/C16H14N2O/c1-12-7-8-15-14(9-12)16(18-11-17-15)19-10-13-5-3-2-4-6-13/h2-9,11H,10H2,1H3. The highest BCUT2D eigenvalue weighted by molar-refractivity contribution is 5.83. The van der Waals surface area contributed by atoms with Gasteiger partial charge in [0.2, 0.25) is 5.88 Å². The molecule has 0 atom stereocenters. The molecule has 0 saturated heterocycles. The van der Waals surface area contributed by atoms with Gasteiger partial charge >= 0.3 is 0 Å². The Kier molecular flexibility index (Phi) is 3.11. The zero-order valence-corrected chi connectivity index (χ0v) is 10.7. The van der Waals surface area contributed by atoms with Crippen LogP contribution in [0.15, 0.2) is 54.9 Å². The van der Waals surface area contributed by atoms with Crippen molar-refractivity contribution >= 4 is 10.9 Å². The predicted molar refractivity (Wildman–Crippen MR) is 75.0 cm³/mol. The molecule has 0 bridgehead atoms. The van der Waals surface area contributed by atoms with Crippen molar-refractivity contribution in [3.05, 3.63) is 66.0 Å². The molecule has 3 aromatic rings. The van der Waals surface area contributed by atoms with Gasteiger partial charge in [-0.2, -0.15) is 0 Å². The van der Waals surface area contributed by atoms with E-state index in [1.54, 1.807) is 0 Å². The summed E-state index contributed by atoms with van der Waals surface area (Å²) in [6.07, 6.45) is 1.54. The van der Waals surface area contributed by atoms with Gasteiger partial charge < -0.3 is 4.74 Å². The van der Waals surface area contributed by atoms with E-state index >= 15 is 0 Å². The SMILES string of the molecule is Cc1ccc2ncnc(OCc3ccccc3)c2c1. The Morgan fingerprint density at radius 1 is 1.00 bits per heavy atom. The van der Waals surface area contributed by atoms with Crippen LogP contribution >= 0.6 is 0 Å². The van der Waals surface area contributed by atoms with Crippen LogP contribution in [0, 0.1) is 6.92 Å². The second-order valence-corrected chi connectivity index (χ2v) is 4.47. The van der Waals surface area contributed by atoms with Gasteiger partial charge in [0.15, 0.2) is 0 Å². The van der Waals surface area contributed by atoms with Crippen molar-refractivity contribution in [2.24, 2.45) is 0 Å². The van der Waals surface area contributed by atoms with Gasteiger partial charge in [-0.1, -0.05) is 42.0 Å². The van der Waals surface area contributed by atoms with Crippen molar-refractivity contribution < 1.29 is 4.74 Å². The molecule has 0 unspecified atom stereocenters. The lowest BCUT2D eigenvalue weighted by molar-refractivity contribution is 0.297. The van der Waals surface area contributed by atoms with Gasteiger partial charge in [-0.15, -0.1) is 0 Å². The molecule has 0 aliphatic rings. The number of nitrogens with zero attached hydrogens (tertiary/aromatic N) is 2. The van der Waals surface area contributed by atoms with Crippen molar-refractivity contribution in [1.82, 2.24) is 9.97 Å². The summed E-state index contributed by atoms with van der Waals surface area (Å²) in [4.78, 5) is 8.48. The first-order valence-electron chi connectivity index (χ1n) is 6.21. The molecule has 1 heterocycles. The first-order chi connectivity index (χ1) is 9.33. The van der Waals surface area contributed by atoms with Crippen molar-refractivity contribution in [3.63, 3.8) is 0 Å². The van der Waals surface area contributed by atoms with Crippen LogP contribution in [0.5, 0.6) is 5.88 Å². The van der Waals surface area contributed by atoms with Gasteiger partial charge in [0.05, 0.1) is 10.9 Å². The van der Waals surface area contributed by atoms with Gasteiger partial charge in [0.1, 0.15) is 12.9 Å². The number of rotatable bonds is 3. The molecule has 19 heavy (non-hydrogen) atoms. The Morgan fingerprint density at radius 2 is 1.84 bits per heavy atom. The minimum Gasteiger partial charge on any atom is -0.472 e. The summed E-state index contributed by atoms with van der Waals surface area (Å²) < 4.78 is 5.81. The van der Waals surface area contributed by atoms with E-state index < -0.39 is 0 Å². The Balaban J connectivity index is 1.90. The summed E-state index contributed by atoms with van der Waals surface area (Å²) in [5, 5.41) is 0.957. The molecule has 0 saturated carbocycles. The second-order valence-electron chi connectivity index (χ2n) is 4.47. The van der Waals surface area contributed by atoms with Gasteiger partial charge in [-0.25, -0.2) is 9.97 Å². The maximum atomic E-state index is 5.81.